The Balaban J connectivity index is 2.55. The summed E-state index contributed by atoms with van der Waals surface area (Å²) in [5.74, 6) is -0.446. The Kier molecular flexibility index (Phi) is 3.18. The Morgan fingerprint density at radius 1 is 1.28 bits per heavy atom. The number of hydrogen-bond acceptors (Lipinski definition) is 5. The van der Waals surface area contributed by atoms with Gasteiger partial charge in [-0.2, -0.15) is 0 Å². The zero-order chi connectivity index (χ0) is 13.1. The van der Waals surface area contributed by atoms with Crippen molar-refractivity contribution in [2.24, 2.45) is 0 Å². The number of hydrogen-bond donors (Lipinski definition) is 1. The molecular weight excluding hydrogens is 234 g/mol. The van der Waals surface area contributed by atoms with Crippen LogP contribution in [0.2, 0.25) is 0 Å². The monoisotopic (exact) mass is 245 g/mol. The largest absolute Gasteiger partial charge is 0.424 e. The van der Waals surface area contributed by atoms with Gasteiger partial charge >= 0.3 is 5.97 Å². The fourth-order valence-electron chi connectivity index (χ4n) is 1.54. The smallest absolute Gasteiger partial charge is 0.308 e. The van der Waals surface area contributed by atoms with Crippen molar-refractivity contribution in [2.75, 3.05) is 5.32 Å². The molecule has 1 heterocycles. The Labute approximate surface area is 103 Å². The van der Waals surface area contributed by atoms with Crippen LogP contribution in [0.5, 0.6) is 5.75 Å². The predicted octanol–water partition coefficient (Wildman–Crippen LogP) is 1.51. The summed E-state index contributed by atoms with van der Waals surface area (Å²) in [7, 11) is 0. The first-order valence-electron chi connectivity index (χ1n) is 5.26. The number of rotatable bonds is 2. The summed E-state index contributed by atoms with van der Waals surface area (Å²) < 4.78 is 5.04. The molecule has 0 fully saturated rings. The van der Waals surface area contributed by atoms with Crippen molar-refractivity contribution in [1.29, 1.82) is 0 Å². The molecule has 0 aliphatic rings. The van der Waals surface area contributed by atoms with Gasteiger partial charge in [0.15, 0.2) is 5.75 Å². The van der Waals surface area contributed by atoms with Crippen LogP contribution in [-0.4, -0.2) is 21.8 Å². The molecule has 92 valence electrons. The second-order valence-corrected chi connectivity index (χ2v) is 3.70. The molecule has 2 aromatic rings. The highest BCUT2D eigenvalue weighted by Crippen LogP contribution is 2.29. The maximum atomic E-state index is 11.1. The number of nitrogens with zero attached hydrogens (tertiary/aromatic N) is 2. The topological polar surface area (TPSA) is 81.2 Å². The minimum Gasteiger partial charge on any atom is -0.424 e. The van der Waals surface area contributed by atoms with Gasteiger partial charge in [0.05, 0.1) is 11.2 Å². The summed E-state index contributed by atoms with van der Waals surface area (Å²) >= 11 is 0. The van der Waals surface area contributed by atoms with Crippen LogP contribution in [0.4, 0.5) is 5.69 Å². The first-order valence-corrected chi connectivity index (χ1v) is 5.26. The number of carbonyl (C=O) groups is 2. The number of benzene rings is 1. The lowest BCUT2D eigenvalue weighted by molar-refractivity contribution is -0.131. The molecule has 1 aromatic carbocycles. The van der Waals surface area contributed by atoms with Crippen molar-refractivity contribution < 1.29 is 14.3 Å². The molecule has 0 saturated carbocycles. The molecule has 0 spiro atoms. The molecule has 0 atom stereocenters. The van der Waals surface area contributed by atoms with E-state index in [0.717, 1.165) is 5.39 Å². The minimum absolute atomic E-state index is 0.250. The molecule has 6 heteroatoms. The number of esters is 1. The Hall–Kier alpha value is -2.50. The normalized spacial score (nSPS) is 10.1. The van der Waals surface area contributed by atoms with E-state index in [0.29, 0.717) is 11.2 Å². The van der Waals surface area contributed by atoms with E-state index in [-0.39, 0.29) is 11.7 Å². The molecule has 0 aliphatic carbocycles. The van der Waals surface area contributed by atoms with Gasteiger partial charge in [-0.05, 0) is 6.07 Å². The number of fused-ring (bicyclic) bond motifs is 1. The molecule has 0 saturated heterocycles. The highest BCUT2D eigenvalue weighted by atomic mass is 16.5. The first-order chi connectivity index (χ1) is 8.56. The van der Waals surface area contributed by atoms with Crippen LogP contribution >= 0.6 is 0 Å². The van der Waals surface area contributed by atoms with Gasteiger partial charge in [-0.15, -0.1) is 0 Å². The lowest BCUT2D eigenvalue weighted by atomic mass is 10.2. The third-order valence-electron chi connectivity index (χ3n) is 2.17. The van der Waals surface area contributed by atoms with Crippen LogP contribution in [0.15, 0.2) is 24.7 Å². The molecule has 1 amide bonds. The number of nitrogens with one attached hydrogen (secondary N) is 1. The average molecular weight is 245 g/mol. The van der Waals surface area contributed by atoms with E-state index in [1.807, 2.05) is 0 Å². The van der Waals surface area contributed by atoms with Gasteiger partial charge in [0.1, 0.15) is 6.33 Å². The minimum atomic E-state index is -0.463. The van der Waals surface area contributed by atoms with Crippen molar-refractivity contribution in [3.63, 3.8) is 0 Å². The molecule has 0 aliphatic heterocycles. The number of carbonyl (C=O) groups excluding carboxylic acids is 2. The van der Waals surface area contributed by atoms with E-state index in [4.69, 9.17) is 4.74 Å². The molecule has 1 aromatic heterocycles. The average Bonchev–Trinajstić information content (AvgIpc) is 2.28. The van der Waals surface area contributed by atoms with Gasteiger partial charge in [-0.1, -0.05) is 0 Å². The highest BCUT2D eigenvalue weighted by molar-refractivity contribution is 5.95. The maximum absolute atomic E-state index is 11.1. The van der Waals surface area contributed by atoms with Gasteiger partial charge < -0.3 is 10.1 Å². The summed E-state index contributed by atoms with van der Waals surface area (Å²) in [4.78, 5) is 30.1. The Morgan fingerprint density at radius 2 is 2.06 bits per heavy atom. The van der Waals surface area contributed by atoms with Crippen molar-refractivity contribution >= 4 is 28.5 Å². The van der Waals surface area contributed by atoms with E-state index >= 15 is 0 Å². The van der Waals surface area contributed by atoms with Crippen molar-refractivity contribution in [1.82, 2.24) is 9.97 Å². The molecule has 6 nitrogen and oxygen atoms in total. The fraction of sp³-hybridized carbons (Fsp3) is 0.167. The summed E-state index contributed by atoms with van der Waals surface area (Å²) in [5.41, 5.74) is 1.05. The summed E-state index contributed by atoms with van der Waals surface area (Å²) in [6, 6.07) is 3.25. The third kappa shape index (κ3) is 2.60. The summed E-state index contributed by atoms with van der Waals surface area (Å²) in [6.45, 7) is 2.67. The zero-order valence-corrected chi connectivity index (χ0v) is 9.93. The molecular formula is C12H11N3O3. The number of aromatic nitrogens is 2. The number of ether oxygens (including phenoxy) is 1. The van der Waals surface area contributed by atoms with E-state index < -0.39 is 5.97 Å². The highest BCUT2D eigenvalue weighted by Gasteiger charge is 2.10. The standard InChI is InChI=1S/C12H11N3O3/c1-7(16)15-11-3-9-5-13-6-14-10(9)4-12(11)18-8(2)17/h3-6H,1-2H3,(H,15,16). The number of amides is 1. The van der Waals surface area contributed by atoms with Gasteiger partial charge in [0, 0.05) is 31.5 Å². The summed E-state index contributed by atoms with van der Waals surface area (Å²) in [6.07, 6.45) is 3.02. The third-order valence-corrected chi connectivity index (χ3v) is 2.17. The van der Waals surface area contributed by atoms with Gasteiger partial charge in [0.2, 0.25) is 5.91 Å². The Bertz CT molecular complexity index is 570. The van der Waals surface area contributed by atoms with Crippen LogP contribution in [-0.2, 0) is 9.59 Å². The summed E-state index contributed by atoms with van der Waals surface area (Å²) in [5, 5.41) is 3.35. The van der Waals surface area contributed by atoms with E-state index in [1.54, 1.807) is 18.3 Å². The van der Waals surface area contributed by atoms with Gasteiger partial charge in [-0.25, -0.2) is 9.97 Å². The lowest BCUT2D eigenvalue weighted by Gasteiger charge is -2.10. The van der Waals surface area contributed by atoms with Crippen molar-refractivity contribution in [3.8, 4) is 5.75 Å². The quantitative estimate of drug-likeness (QED) is 0.640. The molecule has 1 N–H and O–H groups in total. The van der Waals surface area contributed by atoms with Crippen LogP contribution in [0.25, 0.3) is 10.9 Å². The molecule has 0 radical (unpaired) electrons. The molecule has 0 unspecified atom stereocenters. The maximum Gasteiger partial charge on any atom is 0.308 e. The van der Waals surface area contributed by atoms with Gasteiger partial charge in [0.25, 0.3) is 0 Å². The van der Waals surface area contributed by atoms with E-state index in [2.05, 4.69) is 15.3 Å². The molecule has 0 bridgehead atoms. The zero-order valence-electron chi connectivity index (χ0n) is 9.93. The van der Waals surface area contributed by atoms with Crippen LogP contribution < -0.4 is 10.1 Å². The Morgan fingerprint density at radius 3 is 2.72 bits per heavy atom. The van der Waals surface area contributed by atoms with E-state index in [1.165, 1.54) is 20.2 Å². The van der Waals surface area contributed by atoms with Crippen LogP contribution in [0.3, 0.4) is 0 Å². The van der Waals surface area contributed by atoms with Crippen LogP contribution in [0.1, 0.15) is 13.8 Å². The molecule has 2 rings (SSSR count). The van der Waals surface area contributed by atoms with Crippen molar-refractivity contribution in [3.05, 3.63) is 24.7 Å². The van der Waals surface area contributed by atoms with Crippen LogP contribution in [0, 0.1) is 0 Å². The fourth-order valence-corrected chi connectivity index (χ4v) is 1.54. The second-order valence-electron chi connectivity index (χ2n) is 3.70. The van der Waals surface area contributed by atoms with E-state index in [9.17, 15) is 9.59 Å². The molecule has 18 heavy (non-hydrogen) atoms. The second kappa shape index (κ2) is 4.79. The first kappa shape index (κ1) is 12.0. The van der Waals surface area contributed by atoms with Gasteiger partial charge in [-0.3, -0.25) is 9.59 Å². The lowest BCUT2D eigenvalue weighted by Crippen LogP contribution is -2.10. The number of anilines is 1. The predicted molar refractivity (Wildman–Crippen MR) is 65.2 cm³/mol. The van der Waals surface area contributed by atoms with Crippen molar-refractivity contribution in [2.45, 2.75) is 13.8 Å². The SMILES string of the molecule is CC(=O)Nc1cc2cncnc2cc1OC(C)=O.